The Balaban J connectivity index is 1.35. The van der Waals surface area contributed by atoms with Gasteiger partial charge >= 0.3 is 6.03 Å². The fraction of sp³-hybridized carbons (Fsp3) is 0.300. The number of aromatic nitrogens is 4. The lowest BCUT2D eigenvalue weighted by Gasteiger charge is -2.35. The van der Waals surface area contributed by atoms with Crippen molar-refractivity contribution in [3.8, 4) is 5.82 Å². The van der Waals surface area contributed by atoms with Crippen LogP contribution in [0.2, 0.25) is 0 Å². The number of hydrogen-bond donors (Lipinski definition) is 1. The number of nitrogens with zero attached hydrogens (tertiary/aromatic N) is 6. The molecule has 3 aromatic rings. The van der Waals surface area contributed by atoms with Crippen LogP contribution in [0.1, 0.15) is 11.1 Å². The van der Waals surface area contributed by atoms with E-state index in [4.69, 9.17) is 0 Å². The molecule has 28 heavy (non-hydrogen) atoms. The van der Waals surface area contributed by atoms with Gasteiger partial charge in [-0.2, -0.15) is 5.10 Å². The summed E-state index contributed by atoms with van der Waals surface area (Å²) in [5.41, 5.74) is 3.06. The Hall–Kier alpha value is -3.42. The Labute approximate surface area is 163 Å². The minimum absolute atomic E-state index is 0.0616. The van der Waals surface area contributed by atoms with Gasteiger partial charge in [-0.15, -0.1) is 10.2 Å². The molecule has 2 amide bonds. The zero-order valence-corrected chi connectivity index (χ0v) is 16.0. The predicted octanol–water partition coefficient (Wildman–Crippen LogP) is 2.63. The van der Waals surface area contributed by atoms with E-state index >= 15 is 0 Å². The highest BCUT2D eigenvalue weighted by atomic mass is 16.2. The van der Waals surface area contributed by atoms with Gasteiger partial charge in [0.25, 0.3) is 0 Å². The van der Waals surface area contributed by atoms with Gasteiger partial charge in [0.15, 0.2) is 11.6 Å². The first kappa shape index (κ1) is 18.0. The fourth-order valence-corrected chi connectivity index (χ4v) is 3.22. The number of anilines is 2. The molecular weight excluding hydrogens is 354 g/mol. The Morgan fingerprint density at radius 2 is 1.75 bits per heavy atom. The topological polar surface area (TPSA) is 79.2 Å². The molecule has 0 unspecified atom stereocenters. The van der Waals surface area contributed by atoms with E-state index in [-0.39, 0.29) is 6.03 Å². The fourth-order valence-electron chi connectivity index (χ4n) is 3.22. The number of carbonyl (C=O) groups is 1. The summed E-state index contributed by atoms with van der Waals surface area (Å²) in [6.07, 6.45) is 3.54. The highest BCUT2D eigenvalue weighted by Gasteiger charge is 2.22. The lowest BCUT2D eigenvalue weighted by Crippen LogP contribution is -2.50. The summed E-state index contributed by atoms with van der Waals surface area (Å²) in [5.74, 6) is 1.49. The van der Waals surface area contributed by atoms with Gasteiger partial charge in [0.2, 0.25) is 0 Å². The van der Waals surface area contributed by atoms with Gasteiger partial charge in [0, 0.05) is 44.3 Å². The van der Waals surface area contributed by atoms with Gasteiger partial charge < -0.3 is 15.1 Å². The van der Waals surface area contributed by atoms with Crippen LogP contribution in [0.15, 0.2) is 48.8 Å². The van der Waals surface area contributed by atoms with E-state index in [1.54, 1.807) is 10.9 Å². The van der Waals surface area contributed by atoms with Crippen LogP contribution < -0.4 is 10.2 Å². The van der Waals surface area contributed by atoms with Crippen molar-refractivity contribution in [1.82, 2.24) is 24.9 Å². The van der Waals surface area contributed by atoms with Crippen molar-refractivity contribution in [2.75, 3.05) is 36.4 Å². The van der Waals surface area contributed by atoms with Gasteiger partial charge in [0.1, 0.15) is 0 Å². The molecule has 0 atom stereocenters. The number of benzene rings is 1. The quantitative estimate of drug-likeness (QED) is 0.759. The van der Waals surface area contributed by atoms with Crippen molar-refractivity contribution in [3.05, 3.63) is 59.9 Å². The van der Waals surface area contributed by atoms with Crippen LogP contribution in [-0.2, 0) is 0 Å². The maximum absolute atomic E-state index is 12.6. The number of aryl methyl sites for hydroxylation is 2. The first-order valence-electron chi connectivity index (χ1n) is 9.32. The first-order chi connectivity index (χ1) is 13.6. The average molecular weight is 377 g/mol. The van der Waals surface area contributed by atoms with Crippen LogP contribution in [0.3, 0.4) is 0 Å². The molecule has 1 N–H and O–H groups in total. The molecule has 0 radical (unpaired) electrons. The third-order valence-corrected chi connectivity index (χ3v) is 4.90. The molecule has 8 heteroatoms. The maximum atomic E-state index is 12.6. The second-order valence-electron chi connectivity index (χ2n) is 6.92. The number of nitrogens with one attached hydrogen (secondary N) is 1. The Kier molecular flexibility index (Phi) is 4.92. The van der Waals surface area contributed by atoms with E-state index in [2.05, 4.69) is 25.5 Å². The minimum atomic E-state index is -0.0616. The summed E-state index contributed by atoms with van der Waals surface area (Å²) < 4.78 is 1.67. The Bertz CT molecular complexity index is 945. The molecule has 0 bridgehead atoms. The van der Waals surface area contributed by atoms with Crippen LogP contribution in [0.25, 0.3) is 5.82 Å². The number of hydrogen-bond acceptors (Lipinski definition) is 5. The number of amides is 2. The summed E-state index contributed by atoms with van der Waals surface area (Å²) in [6.45, 7) is 6.73. The van der Waals surface area contributed by atoms with Gasteiger partial charge in [0.05, 0.1) is 0 Å². The zero-order valence-electron chi connectivity index (χ0n) is 16.0. The van der Waals surface area contributed by atoms with E-state index in [0.717, 1.165) is 35.7 Å². The van der Waals surface area contributed by atoms with Crippen LogP contribution in [0, 0.1) is 13.8 Å². The molecule has 1 aromatic carbocycles. The minimum Gasteiger partial charge on any atom is -0.352 e. The number of urea groups is 1. The number of carbonyl (C=O) groups excluding carboxylic acids is 1. The van der Waals surface area contributed by atoms with Crippen LogP contribution in [0.4, 0.5) is 16.3 Å². The molecule has 4 rings (SSSR count). The third-order valence-electron chi connectivity index (χ3n) is 4.90. The molecule has 1 fully saturated rings. The summed E-state index contributed by atoms with van der Waals surface area (Å²) in [6, 6.07) is 11.7. The molecule has 3 heterocycles. The highest BCUT2D eigenvalue weighted by molar-refractivity contribution is 5.90. The second kappa shape index (κ2) is 7.67. The lowest BCUT2D eigenvalue weighted by molar-refractivity contribution is 0.208. The van der Waals surface area contributed by atoms with E-state index in [9.17, 15) is 4.79 Å². The highest BCUT2D eigenvalue weighted by Crippen LogP contribution is 2.18. The molecule has 8 nitrogen and oxygen atoms in total. The normalized spacial score (nSPS) is 14.2. The predicted molar refractivity (Wildman–Crippen MR) is 108 cm³/mol. The van der Waals surface area contributed by atoms with Crippen molar-refractivity contribution in [2.45, 2.75) is 13.8 Å². The monoisotopic (exact) mass is 377 g/mol. The van der Waals surface area contributed by atoms with Gasteiger partial charge in [-0.1, -0.05) is 12.1 Å². The van der Waals surface area contributed by atoms with E-state index in [1.165, 1.54) is 0 Å². The SMILES string of the molecule is Cc1ccc(C)c(NC(=O)N2CCN(c3ccc(-n4cccn4)nn3)CC2)c1. The van der Waals surface area contributed by atoms with Crippen molar-refractivity contribution < 1.29 is 4.79 Å². The van der Waals surface area contributed by atoms with Crippen molar-refractivity contribution in [1.29, 1.82) is 0 Å². The van der Waals surface area contributed by atoms with Crippen molar-refractivity contribution >= 4 is 17.5 Å². The molecular formula is C20H23N7O. The number of piperazine rings is 1. The third kappa shape index (κ3) is 3.80. The smallest absolute Gasteiger partial charge is 0.321 e. The van der Waals surface area contributed by atoms with Crippen LogP contribution in [0.5, 0.6) is 0 Å². The Morgan fingerprint density at radius 1 is 1.00 bits per heavy atom. The summed E-state index contributed by atoms with van der Waals surface area (Å²) >= 11 is 0. The molecule has 0 saturated carbocycles. The average Bonchev–Trinajstić information content (AvgIpc) is 3.26. The van der Waals surface area contributed by atoms with Gasteiger partial charge in [-0.25, -0.2) is 9.48 Å². The lowest BCUT2D eigenvalue weighted by atomic mass is 10.1. The summed E-state index contributed by atoms with van der Waals surface area (Å²) in [7, 11) is 0. The maximum Gasteiger partial charge on any atom is 0.321 e. The van der Waals surface area contributed by atoms with Gasteiger partial charge in [-0.3, -0.25) is 0 Å². The molecule has 1 saturated heterocycles. The molecule has 0 spiro atoms. The van der Waals surface area contributed by atoms with E-state index in [0.29, 0.717) is 18.9 Å². The van der Waals surface area contributed by atoms with Gasteiger partial charge in [-0.05, 0) is 49.2 Å². The first-order valence-corrected chi connectivity index (χ1v) is 9.32. The number of rotatable bonds is 3. The summed E-state index contributed by atoms with van der Waals surface area (Å²) in [5, 5.41) is 15.7. The zero-order chi connectivity index (χ0) is 19.5. The molecule has 144 valence electrons. The Morgan fingerprint density at radius 3 is 2.43 bits per heavy atom. The standard InChI is InChI=1S/C20H23N7O/c1-15-4-5-16(2)17(14-15)22-20(28)26-12-10-25(11-13-26)18-6-7-19(24-23-18)27-9-3-8-21-27/h3-9,14H,10-13H2,1-2H3,(H,22,28). The molecule has 1 aliphatic heterocycles. The second-order valence-corrected chi connectivity index (χ2v) is 6.92. The molecule has 1 aliphatic rings. The van der Waals surface area contributed by atoms with Crippen LogP contribution in [-0.4, -0.2) is 57.1 Å². The van der Waals surface area contributed by atoms with Crippen molar-refractivity contribution in [2.24, 2.45) is 0 Å². The molecule has 0 aliphatic carbocycles. The largest absolute Gasteiger partial charge is 0.352 e. The van der Waals surface area contributed by atoms with Crippen LogP contribution >= 0.6 is 0 Å². The van der Waals surface area contributed by atoms with E-state index < -0.39 is 0 Å². The van der Waals surface area contributed by atoms with E-state index in [1.807, 2.05) is 61.3 Å². The van der Waals surface area contributed by atoms with Crippen molar-refractivity contribution in [3.63, 3.8) is 0 Å². The summed E-state index contributed by atoms with van der Waals surface area (Å²) in [4.78, 5) is 16.6. The molecule has 2 aromatic heterocycles.